The molecule has 0 bridgehead atoms. The van der Waals surface area contributed by atoms with Gasteiger partial charge in [0.05, 0.1) is 6.54 Å². The number of hydrogen-bond donors (Lipinski definition) is 2. The van der Waals surface area contributed by atoms with Gasteiger partial charge in [-0.3, -0.25) is 4.79 Å². The van der Waals surface area contributed by atoms with Gasteiger partial charge in [-0.15, -0.1) is 24.0 Å². The van der Waals surface area contributed by atoms with Gasteiger partial charge in [-0.05, 0) is 63.4 Å². The Labute approximate surface area is 199 Å². The summed E-state index contributed by atoms with van der Waals surface area (Å²) >= 11 is 0. The Bertz CT molecular complexity index is 677. The maximum absolute atomic E-state index is 12.4. The minimum absolute atomic E-state index is 0. The lowest BCUT2D eigenvalue weighted by Crippen LogP contribution is -2.40. The molecular formula is C23H40IN5O. The van der Waals surface area contributed by atoms with E-state index >= 15 is 0 Å². The van der Waals surface area contributed by atoms with Crippen LogP contribution < -0.4 is 10.6 Å². The fourth-order valence-electron chi connectivity index (χ4n) is 3.78. The van der Waals surface area contributed by atoms with Crippen molar-refractivity contribution in [1.29, 1.82) is 0 Å². The van der Waals surface area contributed by atoms with Crippen LogP contribution in [-0.2, 0) is 6.54 Å². The van der Waals surface area contributed by atoms with Gasteiger partial charge in [0.1, 0.15) is 0 Å². The number of carbonyl (C=O) groups excluding carboxylic acids is 1. The number of amides is 1. The molecule has 2 N–H and O–H groups in total. The van der Waals surface area contributed by atoms with Crippen molar-refractivity contribution in [2.24, 2.45) is 16.8 Å². The first kappa shape index (κ1) is 26.7. The summed E-state index contributed by atoms with van der Waals surface area (Å²) in [5.41, 5.74) is 1.75. The maximum atomic E-state index is 12.4. The predicted molar refractivity (Wildman–Crippen MR) is 137 cm³/mol. The zero-order valence-corrected chi connectivity index (χ0v) is 21.6. The van der Waals surface area contributed by atoms with Crippen LogP contribution in [0.3, 0.4) is 0 Å². The molecule has 2 rings (SSSR count). The molecule has 1 saturated heterocycles. The van der Waals surface area contributed by atoms with Crippen LogP contribution in [0.5, 0.6) is 0 Å². The van der Waals surface area contributed by atoms with Crippen LogP contribution in [0, 0.1) is 11.8 Å². The van der Waals surface area contributed by atoms with Crippen molar-refractivity contribution >= 4 is 35.8 Å². The molecule has 0 aromatic heterocycles. The van der Waals surface area contributed by atoms with E-state index in [1.807, 2.05) is 38.4 Å². The molecule has 1 unspecified atom stereocenters. The molecular weight excluding hydrogens is 489 g/mol. The molecule has 0 aliphatic carbocycles. The molecule has 7 heteroatoms. The number of rotatable bonds is 9. The number of halogens is 1. The number of carbonyl (C=O) groups is 1. The molecule has 1 aromatic rings. The summed E-state index contributed by atoms with van der Waals surface area (Å²) in [4.78, 5) is 21.7. The molecule has 1 aliphatic rings. The van der Waals surface area contributed by atoms with Crippen LogP contribution in [0.25, 0.3) is 0 Å². The Hall–Kier alpha value is -1.35. The molecule has 1 amide bonds. The second-order valence-corrected chi connectivity index (χ2v) is 8.66. The van der Waals surface area contributed by atoms with Gasteiger partial charge in [-0.2, -0.15) is 0 Å². The summed E-state index contributed by atoms with van der Waals surface area (Å²) in [6, 6.07) is 7.78. The normalized spacial score (nSPS) is 16.7. The standard InChI is InChI=1S/C23H39N5O.HI/c1-6-24-23(28-12-10-20(17-28)14-18(2)3)26-16-19-8-7-9-21(15-19)22(29)25-11-13-27(4)5;/h7-9,15,18,20H,6,10-14,16-17H2,1-5H3,(H,24,26)(H,25,29);1H. The topological polar surface area (TPSA) is 60.0 Å². The van der Waals surface area contributed by atoms with E-state index in [2.05, 4.69) is 41.2 Å². The van der Waals surface area contributed by atoms with Crippen LogP contribution >= 0.6 is 24.0 Å². The van der Waals surface area contributed by atoms with E-state index in [4.69, 9.17) is 4.99 Å². The van der Waals surface area contributed by atoms with Gasteiger partial charge in [0, 0.05) is 38.3 Å². The highest BCUT2D eigenvalue weighted by molar-refractivity contribution is 14.0. The zero-order valence-electron chi connectivity index (χ0n) is 19.3. The summed E-state index contributed by atoms with van der Waals surface area (Å²) < 4.78 is 0. The van der Waals surface area contributed by atoms with E-state index in [-0.39, 0.29) is 29.9 Å². The average molecular weight is 530 g/mol. The minimum atomic E-state index is -0.0272. The molecule has 30 heavy (non-hydrogen) atoms. The molecule has 170 valence electrons. The Morgan fingerprint density at radius 2 is 2.07 bits per heavy atom. The Kier molecular flexibility index (Phi) is 12.3. The van der Waals surface area contributed by atoms with E-state index in [0.29, 0.717) is 18.7 Å². The van der Waals surface area contributed by atoms with Crippen LogP contribution in [0.15, 0.2) is 29.3 Å². The number of guanidine groups is 1. The second kappa shape index (κ2) is 13.9. The van der Waals surface area contributed by atoms with Crippen LogP contribution in [0.1, 0.15) is 49.5 Å². The molecule has 1 atom stereocenters. The number of nitrogens with zero attached hydrogens (tertiary/aromatic N) is 3. The summed E-state index contributed by atoms with van der Waals surface area (Å²) in [5.74, 6) is 2.46. The molecule has 0 radical (unpaired) electrons. The predicted octanol–water partition coefficient (Wildman–Crippen LogP) is 3.43. The molecule has 1 aliphatic heterocycles. The first-order chi connectivity index (χ1) is 13.9. The fourth-order valence-corrected chi connectivity index (χ4v) is 3.78. The SMILES string of the molecule is CCNC(=NCc1cccc(C(=O)NCCN(C)C)c1)N1CCC(CC(C)C)C1.I. The van der Waals surface area contributed by atoms with E-state index in [0.717, 1.165) is 49.5 Å². The Morgan fingerprint density at radius 1 is 1.30 bits per heavy atom. The average Bonchev–Trinajstić information content (AvgIpc) is 3.12. The summed E-state index contributed by atoms with van der Waals surface area (Å²) in [6.45, 7) is 11.8. The summed E-state index contributed by atoms with van der Waals surface area (Å²) in [7, 11) is 4.00. The van der Waals surface area contributed by atoms with Crippen LogP contribution in [0.2, 0.25) is 0 Å². The first-order valence-corrected chi connectivity index (χ1v) is 10.9. The fraction of sp³-hybridized carbons (Fsp3) is 0.652. The minimum Gasteiger partial charge on any atom is -0.357 e. The van der Waals surface area contributed by atoms with Crippen molar-refractivity contribution in [3.8, 4) is 0 Å². The number of likely N-dealkylation sites (tertiary alicyclic amines) is 1. The highest BCUT2D eigenvalue weighted by Crippen LogP contribution is 2.23. The van der Waals surface area contributed by atoms with Crippen molar-refractivity contribution in [2.45, 2.75) is 40.2 Å². The van der Waals surface area contributed by atoms with Crippen molar-refractivity contribution in [3.63, 3.8) is 0 Å². The van der Waals surface area contributed by atoms with Gasteiger partial charge in [-0.1, -0.05) is 26.0 Å². The third-order valence-electron chi connectivity index (χ3n) is 5.17. The lowest BCUT2D eigenvalue weighted by molar-refractivity contribution is 0.0951. The lowest BCUT2D eigenvalue weighted by atomic mass is 9.97. The molecule has 1 heterocycles. The second-order valence-electron chi connectivity index (χ2n) is 8.66. The third kappa shape index (κ3) is 9.20. The Balaban J connectivity index is 0.00000450. The maximum Gasteiger partial charge on any atom is 0.251 e. The third-order valence-corrected chi connectivity index (χ3v) is 5.17. The number of likely N-dealkylation sites (N-methyl/N-ethyl adjacent to an activating group) is 1. The smallest absolute Gasteiger partial charge is 0.251 e. The van der Waals surface area contributed by atoms with Gasteiger partial charge in [0.25, 0.3) is 5.91 Å². The molecule has 1 fully saturated rings. The number of benzene rings is 1. The lowest BCUT2D eigenvalue weighted by Gasteiger charge is -2.22. The summed E-state index contributed by atoms with van der Waals surface area (Å²) in [6.07, 6.45) is 2.52. The number of hydrogen-bond acceptors (Lipinski definition) is 3. The largest absolute Gasteiger partial charge is 0.357 e. The van der Waals surface area contributed by atoms with E-state index < -0.39 is 0 Å². The first-order valence-electron chi connectivity index (χ1n) is 10.9. The highest BCUT2D eigenvalue weighted by atomic mass is 127. The number of nitrogens with one attached hydrogen (secondary N) is 2. The van der Waals surface area contributed by atoms with Crippen molar-refractivity contribution < 1.29 is 4.79 Å². The van der Waals surface area contributed by atoms with Crippen molar-refractivity contribution in [1.82, 2.24) is 20.4 Å². The van der Waals surface area contributed by atoms with Gasteiger partial charge >= 0.3 is 0 Å². The number of aliphatic imine (C=N–C) groups is 1. The quantitative estimate of drug-likeness (QED) is 0.293. The van der Waals surface area contributed by atoms with Crippen molar-refractivity contribution in [2.75, 3.05) is 46.8 Å². The van der Waals surface area contributed by atoms with Crippen LogP contribution in [0.4, 0.5) is 0 Å². The zero-order chi connectivity index (χ0) is 21.2. The van der Waals surface area contributed by atoms with E-state index in [1.165, 1.54) is 12.8 Å². The molecule has 0 saturated carbocycles. The van der Waals surface area contributed by atoms with Gasteiger partial charge in [-0.25, -0.2) is 4.99 Å². The van der Waals surface area contributed by atoms with E-state index in [9.17, 15) is 4.79 Å². The van der Waals surface area contributed by atoms with Gasteiger partial charge < -0.3 is 20.4 Å². The molecule has 0 spiro atoms. The highest BCUT2D eigenvalue weighted by Gasteiger charge is 2.25. The Morgan fingerprint density at radius 3 is 2.73 bits per heavy atom. The van der Waals surface area contributed by atoms with E-state index in [1.54, 1.807) is 0 Å². The van der Waals surface area contributed by atoms with Crippen LogP contribution in [-0.4, -0.2) is 68.5 Å². The monoisotopic (exact) mass is 529 g/mol. The van der Waals surface area contributed by atoms with Crippen molar-refractivity contribution in [3.05, 3.63) is 35.4 Å². The molecule has 1 aromatic carbocycles. The van der Waals surface area contributed by atoms with Gasteiger partial charge in [0.15, 0.2) is 5.96 Å². The van der Waals surface area contributed by atoms with Gasteiger partial charge in [0.2, 0.25) is 0 Å². The molecule has 6 nitrogen and oxygen atoms in total. The summed E-state index contributed by atoms with van der Waals surface area (Å²) in [5, 5.41) is 6.41.